The van der Waals surface area contributed by atoms with Gasteiger partial charge in [-0.2, -0.15) is 0 Å². The molecule has 0 spiro atoms. The maximum absolute atomic E-state index is 12.8. The number of amides is 2. The summed E-state index contributed by atoms with van der Waals surface area (Å²) in [5.74, 6) is 0.0360. The van der Waals surface area contributed by atoms with Gasteiger partial charge in [0.2, 0.25) is 5.91 Å². The topological polar surface area (TPSA) is 67.7 Å². The highest BCUT2D eigenvalue weighted by molar-refractivity contribution is 5.94. The van der Waals surface area contributed by atoms with Crippen molar-refractivity contribution in [2.45, 2.75) is 19.8 Å². The monoisotopic (exact) mass is 320 g/mol. The Hall–Kier alpha value is -1.89. The molecule has 7 nitrogen and oxygen atoms in total. The minimum atomic E-state index is -0.0978. The smallest absolute Gasteiger partial charge is 0.272 e. The van der Waals surface area contributed by atoms with Gasteiger partial charge in [0.1, 0.15) is 5.69 Å². The highest BCUT2D eigenvalue weighted by Gasteiger charge is 2.33. The molecule has 1 aromatic rings. The Morgan fingerprint density at radius 1 is 1.22 bits per heavy atom. The first-order valence-corrected chi connectivity index (χ1v) is 8.21. The summed E-state index contributed by atoms with van der Waals surface area (Å²) in [5.41, 5.74) is 1.35. The normalized spacial score (nSPS) is 22.3. The molecule has 2 amide bonds. The van der Waals surface area contributed by atoms with Gasteiger partial charge in [0.05, 0.1) is 31.2 Å². The lowest BCUT2D eigenvalue weighted by atomic mass is 9.96. The third-order valence-corrected chi connectivity index (χ3v) is 4.70. The number of carbonyl (C=O) groups excluding carboxylic acids is 2. The zero-order valence-electron chi connectivity index (χ0n) is 13.8. The molecule has 0 aliphatic carbocycles. The van der Waals surface area contributed by atoms with Gasteiger partial charge in [0.15, 0.2) is 0 Å². The number of aromatic nitrogens is 2. The summed E-state index contributed by atoms with van der Waals surface area (Å²) in [5, 5.41) is 0. The minimum Gasteiger partial charge on any atom is -0.378 e. The van der Waals surface area contributed by atoms with Crippen LogP contribution in [0.25, 0.3) is 0 Å². The first-order valence-electron chi connectivity index (χ1n) is 8.21. The molecule has 7 heteroatoms. The summed E-state index contributed by atoms with van der Waals surface area (Å²) in [7, 11) is 1.83. The van der Waals surface area contributed by atoms with Crippen LogP contribution in [0.1, 0.15) is 29.0 Å². The fourth-order valence-electron chi connectivity index (χ4n) is 3.41. The number of nitrogens with zero attached hydrogens (tertiary/aromatic N) is 4. The Kier molecular flexibility index (Phi) is 4.66. The third-order valence-electron chi connectivity index (χ3n) is 4.70. The summed E-state index contributed by atoms with van der Waals surface area (Å²) in [6, 6.07) is 0. The number of imidazole rings is 1. The molecule has 0 radical (unpaired) electrons. The lowest BCUT2D eigenvalue weighted by molar-refractivity contribution is -0.141. The van der Waals surface area contributed by atoms with E-state index in [0.29, 0.717) is 45.1 Å². The second-order valence-corrected chi connectivity index (χ2v) is 6.32. The van der Waals surface area contributed by atoms with Gasteiger partial charge in [-0.25, -0.2) is 4.98 Å². The molecule has 1 atom stereocenters. The second-order valence-electron chi connectivity index (χ2n) is 6.32. The Morgan fingerprint density at radius 3 is 2.61 bits per heavy atom. The Morgan fingerprint density at radius 2 is 1.96 bits per heavy atom. The van der Waals surface area contributed by atoms with Crippen LogP contribution in [0.4, 0.5) is 0 Å². The van der Waals surface area contributed by atoms with Gasteiger partial charge in [0.25, 0.3) is 5.91 Å². The summed E-state index contributed by atoms with van der Waals surface area (Å²) >= 11 is 0. The third kappa shape index (κ3) is 3.24. The molecule has 2 fully saturated rings. The largest absolute Gasteiger partial charge is 0.378 e. The average molecular weight is 320 g/mol. The lowest BCUT2D eigenvalue weighted by Gasteiger charge is -2.36. The van der Waals surface area contributed by atoms with Gasteiger partial charge >= 0.3 is 0 Å². The minimum absolute atomic E-state index is 0.0259. The number of likely N-dealkylation sites (tertiary alicyclic amines) is 1. The van der Waals surface area contributed by atoms with E-state index in [2.05, 4.69) is 4.98 Å². The van der Waals surface area contributed by atoms with Crippen molar-refractivity contribution in [2.24, 2.45) is 13.0 Å². The van der Waals surface area contributed by atoms with E-state index in [1.165, 1.54) is 0 Å². The molecule has 0 bridgehead atoms. The van der Waals surface area contributed by atoms with E-state index in [0.717, 1.165) is 18.5 Å². The van der Waals surface area contributed by atoms with Crippen LogP contribution in [0.5, 0.6) is 0 Å². The molecule has 23 heavy (non-hydrogen) atoms. The van der Waals surface area contributed by atoms with E-state index in [-0.39, 0.29) is 17.7 Å². The van der Waals surface area contributed by atoms with Gasteiger partial charge in [-0.3, -0.25) is 9.59 Å². The van der Waals surface area contributed by atoms with Crippen LogP contribution >= 0.6 is 0 Å². The van der Waals surface area contributed by atoms with E-state index < -0.39 is 0 Å². The SMILES string of the molecule is Cc1ncn(C)c1C(=O)N1CCC[C@@H](C(=O)N2CCOCC2)C1. The van der Waals surface area contributed by atoms with Gasteiger partial charge in [-0.15, -0.1) is 0 Å². The van der Waals surface area contributed by atoms with E-state index in [9.17, 15) is 9.59 Å². The Labute approximate surface area is 136 Å². The van der Waals surface area contributed by atoms with Crippen molar-refractivity contribution in [3.8, 4) is 0 Å². The fraction of sp³-hybridized carbons (Fsp3) is 0.688. The van der Waals surface area contributed by atoms with Crippen molar-refractivity contribution in [2.75, 3.05) is 39.4 Å². The van der Waals surface area contributed by atoms with Crippen LogP contribution in [0.2, 0.25) is 0 Å². The second kappa shape index (κ2) is 6.70. The highest BCUT2D eigenvalue weighted by Crippen LogP contribution is 2.22. The molecular weight excluding hydrogens is 296 g/mol. The number of hydrogen-bond donors (Lipinski definition) is 0. The molecule has 2 aliphatic heterocycles. The van der Waals surface area contributed by atoms with Crippen LogP contribution in [0.3, 0.4) is 0 Å². The number of ether oxygens (including phenoxy) is 1. The summed E-state index contributed by atoms with van der Waals surface area (Å²) in [4.78, 5) is 33.3. The number of piperidine rings is 1. The van der Waals surface area contributed by atoms with Gasteiger partial charge < -0.3 is 19.1 Å². The zero-order chi connectivity index (χ0) is 16.4. The molecule has 0 unspecified atom stereocenters. The Bertz CT molecular complexity index is 573. The van der Waals surface area contributed by atoms with E-state index in [4.69, 9.17) is 4.74 Å². The number of carbonyl (C=O) groups is 2. The standard InChI is InChI=1S/C16H24N4O3/c1-12-14(18(2)11-17-12)16(22)20-5-3-4-13(10-20)15(21)19-6-8-23-9-7-19/h11,13H,3-10H2,1-2H3/t13-/m1/s1. The van der Waals surface area contributed by atoms with Crippen molar-refractivity contribution in [3.05, 3.63) is 17.7 Å². The van der Waals surface area contributed by atoms with Crippen molar-refractivity contribution in [1.82, 2.24) is 19.4 Å². The molecule has 3 rings (SSSR count). The van der Waals surface area contributed by atoms with Crippen LogP contribution in [0.15, 0.2) is 6.33 Å². The van der Waals surface area contributed by atoms with Crippen LogP contribution in [0, 0.1) is 12.8 Å². The maximum atomic E-state index is 12.8. The molecule has 0 saturated carbocycles. The van der Waals surface area contributed by atoms with Gasteiger partial charge in [-0.1, -0.05) is 0 Å². The first kappa shape index (κ1) is 16.0. The Balaban J connectivity index is 1.68. The molecule has 0 N–H and O–H groups in total. The maximum Gasteiger partial charge on any atom is 0.272 e. The number of morpholine rings is 1. The summed E-state index contributed by atoms with van der Waals surface area (Å²) in [6.07, 6.45) is 3.37. The van der Waals surface area contributed by atoms with E-state index in [1.807, 2.05) is 18.9 Å². The molecule has 2 saturated heterocycles. The van der Waals surface area contributed by atoms with E-state index in [1.54, 1.807) is 15.8 Å². The summed E-state index contributed by atoms with van der Waals surface area (Å²) in [6.45, 7) is 5.57. The predicted octanol–water partition coefficient (Wildman–Crippen LogP) is 0.440. The van der Waals surface area contributed by atoms with Gasteiger partial charge in [-0.05, 0) is 19.8 Å². The summed E-state index contributed by atoms with van der Waals surface area (Å²) < 4.78 is 7.06. The van der Waals surface area contributed by atoms with E-state index >= 15 is 0 Å². The predicted molar refractivity (Wildman–Crippen MR) is 84.0 cm³/mol. The van der Waals surface area contributed by atoms with Crippen molar-refractivity contribution in [3.63, 3.8) is 0 Å². The number of rotatable bonds is 2. The molecule has 2 aliphatic rings. The zero-order valence-corrected chi connectivity index (χ0v) is 13.8. The van der Waals surface area contributed by atoms with Crippen LogP contribution < -0.4 is 0 Å². The molecule has 126 valence electrons. The number of hydrogen-bond acceptors (Lipinski definition) is 4. The fourth-order valence-corrected chi connectivity index (χ4v) is 3.41. The lowest BCUT2D eigenvalue weighted by Crippen LogP contribution is -2.49. The van der Waals surface area contributed by atoms with Crippen molar-refractivity contribution < 1.29 is 14.3 Å². The number of aryl methyl sites for hydroxylation is 2. The molecular formula is C16H24N4O3. The highest BCUT2D eigenvalue weighted by atomic mass is 16.5. The quantitative estimate of drug-likeness (QED) is 0.793. The molecule has 0 aromatic carbocycles. The molecule has 3 heterocycles. The molecule has 1 aromatic heterocycles. The van der Waals surface area contributed by atoms with Crippen molar-refractivity contribution in [1.29, 1.82) is 0 Å². The first-order chi connectivity index (χ1) is 11.1. The van der Waals surface area contributed by atoms with Crippen molar-refractivity contribution >= 4 is 11.8 Å². The van der Waals surface area contributed by atoms with Crippen LogP contribution in [-0.4, -0.2) is 70.6 Å². The van der Waals surface area contributed by atoms with Crippen LogP contribution in [-0.2, 0) is 16.6 Å². The van der Waals surface area contributed by atoms with Gasteiger partial charge in [0, 0.05) is 33.2 Å². The average Bonchev–Trinajstić information content (AvgIpc) is 2.93.